The van der Waals surface area contributed by atoms with Crippen LogP contribution in [0.4, 0.5) is 5.69 Å². The van der Waals surface area contributed by atoms with Gasteiger partial charge in [0.05, 0.1) is 10.5 Å². The third-order valence-corrected chi connectivity index (χ3v) is 3.83. The predicted molar refractivity (Wildman–Crippen MR) is 89.9 cm³/mol. The zero-order valence-electron chi connectivity index (χ0n) is 13.9. The Morgan fingerprint density at radius 2 is 1.77 bits per heavy atom. The third kappa shape index (κ3) is 3.64. The fraction of sp³-hybridized carbons (Fsp3) is 0.222. The molecular formula is C18H15NO7. The van der Waals surface area contributed by atoms with Gasteiger partial charge in [-0.1, -0.05) is 0 Å². The van der Waals surface area contributed by atoms with Crippen molar-refractivity contribution >= 4 is 17.4 Å². The quantitative estimate of drug-likeness (QED) is 0.350. The van der Waals surface area contributed by atoms with Gasteiger partial charge in [-0.25, -0.2) is 4.79 Å². The summed E-state index contributed by atoms with van der Waals surface area (Å²) in [5, 5.41) is 10.8. The first kappa shape index (κ1) is 17.4. The zero-order valence-corrected chi connectivity index (χ0v) is 13.9. The molecule has 0 saturated heterocycles. The number of nitro benzene ring substituents is 1. The predicted octanol–water partition coefficient (Wildman–Crippen LogP) is 2.71. The fourth-order valence-electron chi connectivity index (χ4n) is 2.50. The zero-order chi connectivity index (χ0) is 18.7. The number of ketones is 1. The van der Waals surface area contributed by atoms with Gasteiger partial charge < -0.3 is 14.2 Å². The van der Waals surface area contributed by atoms with Crippen LogP contribution in [0.1, 0.15) is 26.3 Å². The Balaban J connectivity index is 1.65. The van der Waals surface area contributed by atoms with Gasteiger partial charge in [0, 0.05) is 17.2 Å². The Bertz CT molecular complexity index is 891. The van der Waals surface area contributed by atoms with E-state index in [0.29, 0.717) is 35.8 Å². The normalized spacial score (nSPS) is 12.3. The van der Waals surface area contributed by atoms with E-state index in [1.807, 2.05) is 0 Å². The average molecular weight is 357 g/mol. The Morgan fingerprint density at radius 3 is 2.46 bits per heavy atom. The standard InChI is InChI=1S/C18H15NO7/c1-11-8-13(2-4-14(11)19(22)23)18(21)26-10-15(20)12-3-5-16-17(9-12)25-7-6-24-16/h2-5,8-9H,6-7,10H2,1H3. The highest BCUT2D eigenvalue weighted by molar-refractivity contribution is 5.99. The number of benzene rings is 2. The molecule has 0 amide bonds. The molecule has 0 bridgehead atoms. The minimum atomic E-state index is -0.728. The van der Waals surface area contributed by atoms with Crippen LogP contribution in [0.3, 0.4) is 0 Å². The maximum Gasteiger partial charge on any atom is 0.338 e. The Morgan fingerprint density at radius 1 is 1.08 bits per heavy atom. The first-order valence-electron chi connectivity index (χ1n) is 7.81. The molecule has 8 heteroatoms. The van der Waals surface area contributed by atoms with Crippen molar-refractivity contribution < 1.29 is 28.7 Å². The molecule has 2 aromatic carbocycles. The van der Waals surface area contributed by atoms with Crippen molar-refractivity contribution in [3.8, 4) is 11.5 Å². The van der Waals surface area contributed by atoms with E-state index in [1.165, 1.54) is 25.1 Å². The van der Waals surface area contributed by atoms with E-state index in [1.54, 1.807) is 18.2 Å². The van der Waals surface area contributed by atoms with Crippen LogP contribution in [-0.4, -0.2) is 36.5 Å². The van der Waals surface area contributed by atoms with Crippen LogP contribution >= 0.6 is 0 Å². The molecule has 0 aromatic heterocycles. The monoisotopic (exact) mass is 357 g/mol. The van der Waals surface area contributed by atoms with Crippen LogP contribution in [0.25, 0.3) is 0 Å². The summed E-state index contributed by atoms with van der Waals surface area (Å²) < 4.78 is 15.8. The van der Waals surface area contributed by atoms with Gasteiger partial charge in [-0.15, -0.1) is 0 Å². The van der Waals surface area contributed by atoms with Gasteiger partial charge in [-0.2, -0.15) is 0 Å². The SMILES string of the molecule is Cc1cc(C(=O)OCC(=O)c2ccc3c(c2)OCCO3)ccc1[N+](=O)[O-]. The number of nitrogens with zero attached hydrogens (tertiary/aromatic N) is 1. The lowest BCUT2D eigenvalue weighted by molar-refractivity contribution is -0.385. The van der Waals surface area contributed by atoms with Crippen molar-refractivity contribution in [2.45, 2.75) is 6.92 Å². The summed E-state index contributed by atoms with van der Waals surface area (Å²) in [5.74, 6) is -0.0894. The highest BCUT2D eigenvalue weighted by Crippen LogP contribution is 2.30. The maximum atomic E-state index is 12.2. The Hall–Kier alpha value is -3.42. The fourth-order valence-corrected chi connectivity index (χ4v) is 2.50. The average Bonchev–Trinajstić information content (AvgIpc) is 2.65. The van der Waals surface area contributed by atoms with Gasteiger partial charge in [0.25, 0.3) is 5.69 Å². The summed E-state index contributed by atoms with van der Waals surface area (Å²) in [5.41, 5.74) is 0.724. The lowest BCUT2D eigenvalue weighted by Gasteiger charge is -2.18. The number of aryl methyl sites for hydroxylation is 1. The molecule has 0 radical (unpaired) electrons. The van der Waals surface area contributed by atoms with Crippen molar-refractivity contribution in [1.29, 1.82) is 0 Å². The molecule has 0 saturated carbocycles. The van der Waals surface area contributed by atoms with Gasteiger partial charge in [0.2, 0.25) is 0 Å². The van der Waals surface area contributed by atoms with Gasteiger partial charge in [-0.05, 0) is 37.3 Å². The molecule has 2 aromatic rings. The molecule has 0 fully saturated rings. The molecule has 1 aliphatic heterocycles. The molecule has 0 N–H and O–H groups in total. The first-order valence-corrected chi connectivity index (χ1v) is 7.81. The second-order valence-electron chi connectivity index (χ2n) is 5.62. The van der Waals surface area contributed by atoms with Crippen molar-refractivity contribution in [1.82, 2.24) is 0 Å². The molecule has 0 atom stereocenters. The molecule has 8 nitrogen and oxygen atoms in total. The number of hydrogen-bond donors (Lipinski definition) is 0. The lowest BCUT2D eigenvalue weighted by Crippen LogP contribution is -2.17. The van der Waals surface area contributed by atoms with Crippen LogP contribution in [-0.2, 0) is 4.74 Å². The second-order valence-corrected chi connectivity index (χ2v) is 5.62. The van der Waals surface area contributed by atoms with Gasteiger partial charge >= 0.3 is 5.97 Å². The van der Waals surface area contributed by atoms with E-state index in [9.17, 15) is 19.7 Å². The molecule has 0 unspecified atom stereocenters. The third-order valence-electron chi connectivity index (χ3n) is 3.83. The Labute approximate surface area is 148 Å². The maximum absolute atomic E-state index is 12.2. The molecule has 3 rings (SSSR count). The van der Waals surface area contributed by atoms with E-state index in [4.69, 9.17) is 14.2 Å². The largest absolute Gasteiger partial charge is 0.486 e. The van der Waals surface area contributed by atoms with Crippen LogP contribution in [0.5, 0.6) is 11.5 Å². The Kier molecular flexibility index (Phi) is 4.83. The van der Waals surface area contributed by atoms with Crippen LogP contribution in [0.15, 0.2) is 36.4 Å². The highest BCUT2D eigenvalue weighted by Gasteiger charge is 2.18. The summed E-state index contributed by atoms with van der Waals surface area (Å²) in [6.07, 6.45) is 0. The number of Topliss-reactive ketones (excluding diaryl/α,β-unsaturated/α-hetero) is 1. The van der Waals surface area contributed by atoms with E-state index < -0.39 is 23.3 Å². The topological polar surface area (TPSA) is 105 Å². The number of hydrogen-bond acceptors (Lipinski definition) is 7. The van der Waals surface area contributed by atoms with Crippen LogP contribution in [0, 0.1) is 17.0 Å². The lowest BCUT2D eigenvalue weighted by atomic mass is 10.1. The molecule has 1 aliphatic rings. The molecule has 1 heterocycles. The molecule has 0 spiro atoms. The van der Waals surface area contributed by atoms with Gasteiger partial charge in [-0.3, -0.25) is 14.9 Å². The molecular weight excluding hydrogens is 342 g/mol. The van der Waals surface area contributed by atoms with E-state index in [-0.39, 0.29) is 11.3 Å². The molecule has 0 aliphatic carbocycles. The van der Waals surface area contributed by atoms with Crippen molar-refractivity contribution in [2.75, 3.05) is 19.8 Å². The summed E-state index contributed by atoms with van der Waals surface area (Å²) in [6.45, 7) is 1.93. The van der Waals surface area contributed by atoms with Crippen molar-refractivity contribution in [3.05, 3.63) is 63.2 Å². The number of esters is 1. The van der Waals surface area contributed by atoms with Gasteiger partial charge in [0.15, 0.2) is 23.9 Å². The summed E-state index contributed by atoms with van der Waals surface area (Å²) in [6, 6.07) is 8.62. The number of carbonyl (C=O) groups excluding carboxylic acids is 2. The molecule has 134 valence electrons. The first-order chi connectivity index (χ1) is 12.5. The van der Waals surface area contributed by atoms with E-state index >= 15 is 0 Å². The van der Waals surface area contributed by atoms with E-state index in [2.05, 4.69) is 0 Å². The van der Waals surface area contributed by atoms with Gasteiger partial charge in [0.1, 0.15) is 13.2 Å². The number of rotatable bonds is 5. The minimum Gasteiger partial charge on any atom is -0.486 e. The highest BCUT2D eigenvalue weighted by atomic mass is 16.6. The van der Waals surface area contributed by atoms with Crippen LogP contribution in [0.2, 0.25) is 0 Å². The molecule has 26 heavy (non-hydrogen) atoms. The smallest absolute Gasteiger partial charge is 0.338 e. The number of fused-ring (bicyclic) bond motifs is 1. The van der Waals surface area contributed by atoms with E-state index in [0.717, 1.165) is 0 Å². The minimum absolute atomic E-state index is 0.0890. The summed E-state index contributed by atoms with van der Waals surface area (Å²) in [7, 11) is 0. The second kappa shape index (κ2) is 7.22. The number of ether oxygens (including phenoxy) is 3. The summed E-state index contributed by atoms with van der Waals surface area (Å²) in [4.78, 5) is 34.5. The number of carbonyl (C=O) groups is 2. The van der Waals surface area contributed by atoms with Crippen LogP contribution < -0.4 is 9.47 Å². The van der Waals surface area contributed by atoms with Crippen molar-refractivity contribution in [3.63, 3.8) is 0 Å². The van der Waals surface area contributed by atoms with Crippen molar-refractivity contribution in [2.24, 2.45) is 0 Å². The number of nitro groups is 1. The summed E-state index contributed by atoms with van der Waals surface area (Å²) >= 11 is 0.